The molecule has 0 aromatic carbocycles. The van der Waals surface area contributed by atoms with Gasteiger partial charge < -0.3 is 15.2 Å². The molecule has 0 bridgehead atoms. The maximum Gasteiger partial charge on any atom is 0.322 e. The zero-order chi connectivity index (χ0) is 36.6. The molecule has 0 rings (SSSR count). The van der Waals surface area contributed by atoms with E-state index in [1.54, 1.807) is 0 Å². The lowest BCUT2D eigenvalue weighted by Crippen LogP contribution is -2.28. The molecule has 282 valence electrons. The summed E-state index contributed by atoms with van der Waals surface area (Å²) in [5, 5.41) is 11.1. The van der Waals surface area contributed by atoms with Crippen LogP contribution in [0.2, 0.25) is 0 Å². The van der Waals surface area contributed by atoms with E-state index in [9.17, 15) is 14.4 Å². The molecule has 0 aromatic rings. The van der Waals surface area contributed by atoms with E-state index in [1.165, 1.54) is 25.7 Å². The number of nitrogens with one attached hydrogen (secondary N) is 1. The lowest BCUT2D eigenvalue weighted by Gasteiger charge is -2.18. The van der Waals surface area contributed by atoms with Gasteiger partial charge in [-0.1, -0.05) is 131 Å². The molecule has 1 amide bonds. The standard InChI is InChI=1S/C44H71NO5/c1-3-5-7-9-11-13-15-16-17-18-19-20-22-24-26-31-35-39-44(49)50-41(36-32-28-25-23-21-14-12-10-8-6-4-2)37-33-29-27-30-34-38-42(46)45-40-43(47)48/h5,7,11-14,16-17,19-20,23-26,41H,3-4,6,8-10,15,18,21-22,27-40H2,1-2H3,(H,45,46)(H,47,48)/b7-5-,13-11-,14-12-,17-16-,20-19-,25-23-,26-24-. The van der Waals surface area contributed by atoms with Gasteiger partial charge in [0.15, 0.2) is 0 Å². The molecule has 1 unspecified atom stereocenters. The Labute approximate surface area is 306 Å². The van der Waals surface area contributed by atoms with Gasteiger partial charge in [-0.05, 0) is 103 Å². The summed E-state index contributed by atoms with van der Waals surface area (Å²) in [5.41, 5.74) is 0. The first-order valence-electron chi connectivity index (χ1n) is 19.7. The van der Waals surface area contributed by atoms with Gasteiger partial charge >= 0.3 is 11.9 Å². The highest BCUT2D eigenvalue weighted by Crippen LogP contribution is 2.17. The molecule has 50 heavy (non-hydrogen) atoms. The first-order chi connectivity index (χ1) is 24.5. The summed E-state index contributed by atoms with van der Waals surface area (Å²) in [6.07, 6.45) is 52.7. The van der Waals surface area contributed by atoms with Crippen LogP contribution in [0.15, 0.2) is 85.1 Å². The average Bonchev–Trinajstić information content (AvgIpc) is 3.10. The molecule has 2 N–H and O–H groups in total. The number of esters is 1. The summed E-state index contributed by atoms with van der Waals surface area (Å²) >= 11 is 0. The van der Waals surface area contributed by atoms with Gasteiger partial charge in [-0.3, -0.25) is 14.4 Å². The van der Waals surface area contributed by atoms with Crippen LogP contribution < -0.4 is 5.32 Å². The smallest absolute Gasteiger partial charge is 0.322 e. The predicted octanol–water partition coefficient (Wildman–Crippen LogP) is 12.0. The van der Waals surface area contributed by atoms with Crippen LogP contribution in [0.25, 0.3) is 0 Å². The van der Waals surface area contributed by atoms with Crippen LogP contribution in [0.3, 0.4) is 0 Å². The van der Waals surface area contributed by atoms with Crippen LogP contribution in [0.4, 0.5) is 0 Å². The first-order valence-corrected chi connectivity index (χ1v) is 19.7. The highest BCUT2D eigenvalue weighted by Gasteiger charge is 2.14. The fourth-order valence-electron chi connectivity index (χ4n) is 5.17. The highest BCUT2D eigenvalue weighted by molar-refractivity contribution is 5.80. The number of unbranched alkanes of at least 4 members (excludes halogenated alkanes) is 9. The average molecular weight is 694 g/mol. The number of amides is 1. The molecule has 6 nitrogen and oxygen atoms in total. The van der Waals surface area contributed by atoms with E-state index in [-0.39, 0.29) is 24.5 Å². The van der Waals surface area contributed by atoms with Gasteiger partial charge in [0.1, 0.15) is 12.6 Å². The van der Waals surface area contributed by atoms with Crippen LogP contribution in [0.1, 0.15) is 162 Å². The zero-order valence-electron chi connectivity index (χ0n) is 31.7. The Morgan fingerprint density at radius 3 is 1.58 bits per heavy atom. The summed E-state index contributed by atoms with van der Waals surface area (Å²) in [4.78, 5) is 34.9. The van der Waals surface area contributed by atoms with Gasteiger partial charge in [-0.2, -0.15) is 0 Å². The number of carbonyl (C=O) groups is 3. The SMILES string of the molecule is CC/C=C\C/C=C\C/C=C\C/C=C\C/C=C\CCCC(=O)OC(CCC/C=C\C/C=C\CCCCC)CCCCCCCC(=O)NCC(=O)O. The summed E-state index contributed by atoms with van der Waals surface area (Å²) in [5.74, 6) is -1.34. The number of ether oxygens (including phenoxy) is 1. The molecule has 6 heteroatoms. The third-order valence-corrected chi connectivity index (χ3v) is 8.05. The summed E-state index contributed by atoms with van der Waals surface area (Å²) in [6.45, 7) is 4.05. The lowest BCUT2D eigenvalue weighted by atomic mass is 10.0. The predicted molar refractivity (Wildman–Crippen MR) is 212 cm³/mol. The maximum absolute atomic E-state index is 12.7. The van der Waals surface area contributed by atoms with Gasteiger partial charge in [0.2, 0.25) is 5.91 Å². The van der Waals surface area contributed by atoms with Crippen molar-refractivity contribution in [2.45, 2.75) is 168 Å². The Kier molecular flexibility index (Phi) is 35.8. The number of carboxylic acids is 1. The topological polar surface area (TPSA) is 92.7 Å². The van der Waals surface area contributed by atoms with Crippen LogP contribution in [-0.4, -0.2) is 35.6 Å². The van der Waals surface area contributed by atoms with E-state index in [0.29, 0.717) is 12.8 Å². The van der Waals surface area contributed by atoms with Crippen molar-refractivity contribution in [2.24, 2.45) is 0 Å². The van der Waals surface area contributed by atoms with E-state index in [0.717, 1.165) is 109 Å². The minimum atomic E-state index is -1.03. The number of aliphatic carboxylic acids is 1. The van der Waals surface area contributed by atoms with Gasteiger partial charge in [0.25, 0.3) is 0 Å². The molecule has 0 fully saturated rings. The third kappa shape index (κ3) is 37.4. The van der Waals surface area contributed by atoms with Crippen LogP contribution in [0, 0.1) is 0 Å². The van der Waals surface area contributed by atoms with Gasteiger partial charge in [-0.15, -0.1) is 0 Å². The molecule has 0 aliphatic heterocycles. The molecule has 0 aliphatic rings. The molecule has 0 spiro atoms. The van der Waals surface area contributed by atoms with Crippen molar-refractivity contribution in [3.05, 3.63) is 85.1 Å². The quantitative estimate of drug-likeness (QED) is 0.0397. The summed E-state index contributed by atoms with van der Waals surface area (Å²) < 4.78 is 5.95. The Bertz CT molecular complexity index is 1030. The minimum Gasteiger partial charge on any atom is -0.480 e. The monoisotopic (exact) mass is 694 g/mol. The number of hydrogen-bond acceptors (Lipinski definition) is 4. The molecule has 0 saturated carbocycles. The molecule has 0 aromatic heterocycles. The van der Waals surface area contributed by atoms with E-state index in [2.05, 4.69) is 104 Å². The molecular formula is C44H71NO5. The number of hydrogen-bond donors (Lipinski definition) is 2. The zero-order valence-corrected chi connectivity index (χ0v) is 31.7. The number of carboxylic acid groups (broad SMARTS) is 1. The first kappa shape index (κ1) is 46.6. The molecule has 0 heterocycles. The van der Waals surface area contributed by atoms with Crippen molar-refractivity contribution < 1.29 is 24.2 Å². The fraction of sp³-hybridized carbons (Fsp3) is 0.614. The van der Waals surface area contributed by atoms with E-state index in [4.69, 9.17) is 9.84 Å². The minimum absolute atomic E-state index is 0.0511. The highest BCUT2D eigenvalue weighted by atomic mass is 16.5. The Hall–Kier alpha value is -3.41. The number of allylic oxidation sites excluding steroid dienone is 14. The fourth-order valence-corrected chi connectivity index (χ4v) is 5.17. The van der Waals surface area contributed by atoms with Crippen LogP contribution in [-0.2, 0) is 19.1 Å². The van der Waals surface area contributed by atoms with Crippen molar-refractivity contribution in [3.63, 3.8) is 0 Å². The van der Waals surface area contributed by atoms with Crippen molar-refractivity contribution in [1.29, 1.82) is 0 Å². The summed E-state index contributed by atoms with van der Waals surface area (Å²) in [6, 6.07) is 0. The second-order valence-electron chi connectivity index (χ2n) is 12.8. The van der Waals surface area contributed by atoms with Crippen molar-refractivity contribution in [2.75, 3.05) is 6.54 Å². The molecule has 0 radical (unpaired) electrons. The normalized spacial score (nSPS) is 13.0. The Balaban J connectivity index is 4.37. The van der Waals surface area contributed by atoms with Crippen molar-refractivity contribution >= 4 is 17.8 Å². The summed E-state index contributed by atoms with van der Waals surface area (Å²) in [7, 11) is 0. The number of carbonyl (C=O) groups excluding carboxylic acids is 2. The second-order valence-corrected chi connectivity index (χ2v) is 12.8. The van der Waals surface area contributed by atoms with Crippen LogP contribution in [0.5, 0.6) is 0 Å². The van der Waals surface area contributed by atoms with Crippen LogP contribution >= 0.6 is 0 Å². The Morgan fingerprint density at radius 1 is 0.540 bits per heavy atom. The second kappa shape index (κ2) is 38.4. The Morgan fingerprint density at radius 2 is 1.02 bits per heavy atom. The molecule has 0 aliphatic carbocycles. The van der Waals surface area contributed by atoms with E-state index in [1.807, 2.05) is 0 Å². The third-order valence-electron chi connectivity index (χ3n) is 8.05. The maximum atomic E-state index is 12.7. The molecular weight excluding hydrogens is 622 g/mol. The largest absolute Gasteiger partial charge is 0.480 e. The molecule has 1 atom stereocenters. The van der Waals surface area contributed by atoms with Gasteiger partial charge in [-0.25, -0.2) is 0 Å². The number of rotatable bonds is 34. The van der Waals surface area contributed by atoms with E-state index >= 15 is 0 Å². The molecule has 0 saturated heterocycles. The van der Waals surface area contributed by atoms with Gasteiger partial charge in [0.05, 0.1) is 0 Å². The van der Waals surface area contributed by atoms with Gasteiger partial charge in [0, 0.05) is 12.8 Å². The van der Waals surface area contributed by atoms with E-state index < -0.39 is 5.97 Å². The van der Waals surface area contributed by atoms with Crippen molar-refractivity contribution in [1.82, 2.24) is 5.32 Å². The lowest BCUT2D eigenvalue weighted by molar-refractivity contribution is -0.150. The van der Waals surface area contributed by atoms with Crippen molar-refractivity contribution in [3.8, 4) is 0 Å².